The molecule has 0 radical (unpaired) electrons. The van der Waals surface area contributed by atoms with Crippen molar-refractivity contribution in [3.8, 4) is 11.3 Å². The average Bonchev–Trinajstić information content (AvgIpc) is 3.42. The van der Waals surface area contributed by atoms with Gasteiger partial charge in [-0.1, -0.05) is 11.3 Å². The third-order valence-corrected chi connectivity index (χ3v) is 5.37. The van der Waals surface area contributed by atoms with E-state index in [2.05, 4.69) is 20.4 Å². The van der Waals surface area contributed by atoms with Gasteiger partial charge >= 0.3 is 0 Å². The molecule has 3 aromatic heterocycles. The summed E-state index contributed by atoms with van der Waals surface area (Å²) in [5.41, 5.74) is -0.318. The molecule has 4 aromatic rings. The number of aromatic nitrogens is 6. The molecule has 0 aliphatic heterocycles. The molecule has 0 amide bonds. The quantitative estimate of drug-likeness (QED) is 0.536. The average molecular weight is 402 g/mol. The SMILES string of the molecule is C[C@@H](n1cc(-c2ccsc2)nn1)[C@](O)(Cn1cncn1)c1ccc(F)cc1F. The Morgan fingerprint density at radius 3 is 2.82 bits per heavy atom. The maximum Gasteiger partial charge on any atom is 0.137 e. The summed E-state index contributed by atoms with van der Waals surface area (Å²) in [5.74, 6) is -1.58. The van der Waals surface area contributed by atoms with E-state index in [1.165, 1.54) is 39.4 Å². The fourth-order valence-electron chi connectivity index (χ4n) is 3.07. The number of halogens is 2. The highest BCUT2D eigenvalue weighted by Crippen LogP contribution is 2.36. The highest BCUT2D eigenvalue weighted by Gasteiger charge is 2.41. The van der Waals surface area contributed by atoms with Crippen LogP contribution in [0, 0.1) is 11.6 Å². The van der Waals surface area contributed by atoms with E-state index in [1.807, 2.05) is 16.8 Å². The molecular formula is C18H16F2N6OS. The summed E-state index contributed by atoms with van der Waals surface area (Å²) in [7, 11) is 0. The first kappa shape index (κ1) is 18.4. The number of rotatable bonds is 6. The second-order valence-electron chi connectivity index (χ2n) is 6.41. The molecule has 0 fully saturated rings. The summed E-state index contributed by atoms with van der Waals surface area (Å²) in [6.07, 6.45) is 4.41. The number of benzene rings is 1. The monoisotopic (exact) mass is 402 g/mol. The lowest BCUT2D eigenvalue weighted by molar-refractivity contribution is -0.0374. The van der Waals surface area contributed by atoms with Crippen molar-refractivity contribution < 1.29 is 13.9 Å². The summed E-state index contributed by atoms with van der Waals surface area (Å²) in [5, 5.41) is 27.7. The van der Waals surface area contributed by atoms with Crippen LogP contribution in [-0.4, -0.2) is 34.9 Å². The van der Waals surface area contributed by atoms with E-state index in [1.54, 1.807) is 13.1 Å². The van der Waals surface area contributed by atoms with Crippen LogP contribution in [0.2, 0.25) is 0 Å². The van der Waals surface area contributed by atoms with Crippen molar-refractivity contribution in [1.29, 1.82) is 0 Å². The summed E-state index contributed by atoms with van der Waals surface area (Å²) >= 11 is 1.53. The summed E-state index contributed by atoms with van der Waals surface area (Å²) < 4.78 is 30.9. The predicted molar refractivity (Wildman–Crippen MR) is 98.3 cm³/mol. The van der Waals surface area contributed by atoms with Crippen molar-refractivity contribution in [3.63, 3.8) is 0 Å². The number of nitrogens with zero attached hydrogens (tertiary/aromatic N) is 6. The lowest BCUT2D eigenvalue weighted by Crippen LogP contribution is -2.41. The number of aliphatic hydroxyl groups is 1. The van der Waals surface area contributed by atoms with Crippen molar-refractivity contribution in [2.24, 2.45) is 0 Å². The molecule has 0 bridgehead atoms. The first-order valence-electron chi connectivity index (χ1n) is 8.42. The minimum atomic E-state index is -1.79. The lowest BCUT2D eigenvalue weighted by Gasteiger charge is -2.34. The van der Waals surface area contributed by atoms with Gasteiger partial charge in [-0.05, 0) is 24.4 Å². The van der Waals surface area contributed by atoms with Gasteiger partial charge in [0.05, 0.1) is 18.8 Å². The molecule has 0 unspecified atom stereocenters. The molecule has 1 N–H and O–H groups in total. The zero-order valence-electron chi connectivity index (χ0n) is 14.8. The Morgan fingerprint density at radius 1 is 1.29 bits per heavy atom. The fraction of sp³-hybridized carbons (Fsp3) is 0.222. The van der Waals surface area contributed by atoms with Gasteiger partial charge in [0.15, 0.2) is 0 Å². The molecule has 0 aliphatic rings. The van der Waals surface area contributed by atoms with E-state index < -0.39 is 23.3 Å². The molecule has 1 aromatic carbocycles. The van der Waals surface area contributed by atoms with Crippen molar-refractivity contribution in [2.75, 3.05) is 0 Å². The first-order valence-corrected chi connectivity index (χ1v) is 9.36. The molecule has 144 valence electrons. The smallest absolute Gasteiger partial charge is 0.137 e. The second-order valence-corrected chi connectivity index (χ2v) is 7.19. The molecule has 0 saturated carbocycles. The van der Waals surface area contributed by atoms with Gasteiger partial charge in [-0.3, -0.25) is 0 Å². The molecule has 2 atom stereocenters. The Balaban J connectivity index is 1.76. The molecule has 28 heavy (non-hydrogen) atoms. The predicted octanol–water partition coefficient (Wildman–Crippen LogP) is 3.03. The molecule has 0 aliphatic carbocycles. The second kappa shape index (κ2) is 7.21. The Morgan fingerprint density at radius 2 is 2.14 bits per heavy atom. The van der Waals surface area contributed by atoms with Crippen LogP contribution in [0.3, 0.4) is 0 Å². The molecular weight excluding hydrogens is 386 g/mol. The summed E-state index contributed by atoms with van der Waals surface area (Å²) in [4.78, 5) is 3.86. The van der Waals surface area contributed by atoms with Gasteiger partial charge in [0.25, 0.3) is 0 Å². The van der Waals surface area contributed by atoms with Crippen LogP contribution in [0.5, 0.6) is 0 Å². The van der Waals surface area contributed by atoms with Crippen molar-refractivity contribution >= 4 is 11.3 Å². The fourth-order valence-corrected chi connectivity index (χ4v) is 3.72. The van der Waals surface area contributed by atoms with E-state index in [4.69, 9.17) is 0 Å². The number of thiophene rings is 1. The largest absolute Gasteiger partial charge is 0.381 e. The van der Waals surface area contributed by atoms with Gasteiger partial charge in [-0.2, -0.15) is 16.4 Å². The van der Waals surface area contributed by atoms with E-state index in [0.29, 0.717) is 5.69 Å². The van der Waals surface area contributed by atoms with E-state index in [-0.39, 0.29) is 12.1 Å². The topological polar surface area (TPSA) is 81.6 Å². The Kier molecular flexibility index (Phi) is 4.73. The molecule has 0 saturated heterocycles. The highest BCUT2D eigenvalue weighted by molar-refractivity contribution is 7.08. The summed E-state index contributed by atoms with van der Waals surface area (Å²) in [6.45, 7) is 1.58. The third kappa shape index (κ3) is 3.32. The van der Waals surface area contributed by atoms with Gasteiger partial charge < -0.3 is 5.11 Å². The van der Waals surface area contributed by atoms with Gasteiger partial charge in [0.1, 0.15) is 35.6 Å². The zero-order valence-corrected chi connectivity index (χ0v) is 15.6. The van der Waals surface area contributed by atoms with Crippen LogP contribution < -0.4 is 0 Å². The minimum absolute atomic E-state index is 0.0653. The van der Waals surface area contributed by atoms with Crippen LogP contribution in [0.25, 0.3) is 11.3 Å². The van der Waals surface area contributed by atoms with Gasteiger partial charge in [0.2, 0.25) is 0 Å². The van der Waals surface area contributed by atoms with Crippen LogP contribution in [0.15, 0.2) is 53.9 Å². The first-order chi connectivity index (χ1) is 13.5. The van der Waals surface area contributed by atoms with Crippen molar-refractivity contribution in [3.05, 3.63) is 71.1 Å². The summed E-state index contributed by atoms with van der Waals surface area (Å²) in [6, 6.07) is 4.25. The molecule has 0 spiro atoms. The van der Waals surface area contributed by atoms with Crippen LogP contribution in [0.4, 0.5) is 8.78 Å². The maximum atomic E-state index is 14.6. The molecule has 10 heteroatoms. The van der Waals surface area contributed by atoms with Crippen molar-refractivity contribution in [2.45, 2.75) is 25.1 Å². The van der Waals surface area contributed by atoms with Gasteiger partial charge in [0, 0.05) is 22.6 Å². The Labute approximate surface area is 162 Å². The highest BCUT2D eigenvalue weighted by atomic mass is 32.1. The lowest BCUT2D eigenvalue weighted by atomic mass is 9.86. The van der Waals surface area contributed by atoms with E-state index >= 15 is 0 Å². The normalized spacial score (nSPS) is 14.7. The maximum absolute atomic E-state index is 14.6. The van der Waals surface area contributed by atoms with Crippen molar-refractivity contribution in [1.82, 2.24) is 29.8 Å². The van der Waals surface area contributed by atoms with Gasteiger partial charge in [-0.15, -0.1) is 5.10 Å². The van der Waals surface area contributed by atoms with E-state index in [0.717, 1.165) is 17.7 Å². The molecule has 7 nitrogen and oxygen atoms in total. The van der Waals surface area contributed by atoms with Crippen LogP contribution in [-0.2, 0) is 12.1 Å². The molecule has 4 rings (SSSR count). The standard InChI is InChI=1S/C18H16F2N6OS/c1-12(26-7-17(23-24-26)13-4-5-28-8-13)18(27,9-25-11-21-10-22-25)15-3-2-14(19)6-16(15)20/h2-8,10-12,27H,9H2,1H3/t12-,18-/m1/s1. The van der Waals surface area contributed by atoms with E-state index in [9.17, 15) is 13.9 Å². The zero-order chi connectivity index (χ0) is 19.7. The van der Waals surface area contributed by atoms with Crippen LogP contribution >= 0.6 is 11.3 Å². The molecule has 3 heterocycles. The Bertz CT molecular complexity index is 1070. The number of hydrogen-bond acceptors (Lipinski definition) is 6. The van der Waals surface area contributed by atoms with Gasteiger partial charge in [-0.25, -0.2) is 23.1 Å². The number of hydrogen-bond donors (Lipinski definition) is 1. The van der Waals surface area contributed by atoms with Crippen LogP contribution in [0.1, 0.15) is 18.5 Å². The Hall–Kier alpha value is -2.98. The minimum Gasteiger partial charge on any atom is -0.381 e. The third-order valence-electron chi connectivity index (χ3n) is 4.68.